The third-order valence-corrected chi connectivity index (χ3v) is 2.73. The van der Waals surface area contributed by atoms with E-state index in [1.54, 1.807) is 0 Å². The Kier molecular flexibility index (Phi) is 6.91. The molecule has 0 heterocycles. The van der Waals surface area contributed by atoms with E-state index in [-0.39, 0.29) is 37.4 Å². The zero-order chi connectivity index (χ0) is 9.94. The van der Waals surface area contributed by atoms with E-state index in [2.05, 4.69) is 6.58 Å². The normalized spacial score (nSPS) is 12.8. The summed E-state index contributed by atoms with van der Waals surface area (Å²) < 4.78 is 29.6. The van der Waals surface area contributed by atoms with Crippen molar-refractivity contribution in [3.63, 3.8) is 0 Å². The van der Waals surface area contributed by atoms with Crippen LogP contribution in [-0.2, 0) is 14.9 Å². The maximum atomic E-state index is 10.5. The monoisotopic (exact) mass is 218 g/mol. The average Bonchev–Trinajstić information content (AvgIpc) is 1.85. The molecule has 0 rings (SSSR count). The maximum absolute atomic E-state index is 10.5. The van der Waals surface area contributed by atoms with Gasteiger partial charge in [-0.25, -0.2) is 4.79 Å². The molecule has 0 fully saturated rings. The van der Waals surface area contributed by atoms with Gasteiger partial charge in [-0.1, -0.05) is 13.5 Å². The van der Waals surface area contributed by atoms with Gasteiger partial charge in [-0.2, -0.15) is 8.42 Å². The summed E-state index contributed by atoms with van der Waals surface area (Å²) in [6.45, 7) is 4.50. The Bertz CT molecular complexity index is 299. The molecule has 0 saturated heterocycles. The first-order valence-electron chi connectivity index (χ1n) is 3.19. The van der Waals surface area contributed by atoms with E-state index in [1.165, 1.54) is 6.92 Å². The quantitative estimate of drug-likeness (QED) is 0.307. The summed E-state index contributed by atoms with van der Waals surface area (Å²) in [5.41, 5.74) is -0.514. The molecule has 0 aliphatic rings. The summed E-state index contributed by atoms with van der Waals surface area (Å²) in [6, 6.07) is 0. The molecule has 0 aromatic rings. The van der Waals surface area contributed by atoms with E-state index in [0.29, 0.717) is 0 Å². The zero-order valence-electron chi connectivity index (χ0n) is 8.52. The second kappa shape index (κ2) is 5.77. The second-order valence-corrected chi connectivity index (χ2v) is 3.84. The summed E-state index contributed by atoms with van der Waals surface area (Å²) in [5, 5.41) is 6.96. The predicted molar refractivity (Wildman–Crippen MR) is 43.5 cm³/mol. The van der Waals surface area contributed by atoms with Crippen LogP contribution in [0.1, 0.15) is 14.8 Å². The SMILES string of the molecule is C=C(C(=O)O)C(CC)S(=O)(=O)O.[H-].[Na+]. The van der Waals surface area contributed by atoms with Crippen molar-refractivity contribution in [1.82, 2.24) is 0 Å². The molecule has 13 heavy (non-hydrogen) atoms. The Morgan fingerprint density at radius 1 is 1.62 bits per heavy atom. The van der Waals surface area contributed by atoms with Crippen molar-refractivity contribution in [3.05, 3.63) is 12.2 Å². The summed E-state index contributed by atoms with van der Waals surface area (Å²) in [6.07, 6.45) is -0.00995. The number of carboxylic acids is 1. The van der Waals surface area contributed by atoms with Crippen LogP contribution in [-0.4, -0.2) is 29.3 Å². The Balaban J connectivity index is -0.000000605. The molecule has 7 heteroatoms. The first kappa shape index (κ1) is 15.6. The minimum atomic E-state index is -4.34. The van der Waals surface area contributed by atoms with Crippen molar-refractivity contribution >= 4 is 16.1 Å². The fourth-order valence-corrected chi connectivity index (χ4v) is 1.66. The Morgan fingerprint density at radius 3 is 2.08 bits per heavy atom. The predicted octanol–water partition coefficient (Wildman–Crippen LogP) is -2.59. The van der Waals surface area contributed by atoms with Crippen LogP contribution in [0.4, 0.5) is 0 Å². The van der Waals surface area contributed by atoms with Gasteiger partial charge in [0.1, 0.15) is 5.25 Å². The molecular formula is C6H11NaO5S. The summed E-state index contributed by atoms with van der Waals surface area (Å²) >= 11 is 0. The fraction of sp³-hybridized carbons (Fsp3) is 0.500. The van der Waals surface area contributed by atoms with Gasteiger partial charge in [0, 0.05) is 0 Å². The van der Waals surface area contributed by atoms with E-state index < -0.39 is 26.9 Å². The van der Waals surface area contributed by atoms with Crippen LogP contribution in [0.2, 0.25) is 0 Å². The van der Waals surface area contributed by atoms with Crippen LogP contribution in [0.3, 0.4) is 0 Å². The van der Waals surface area contributed by atoms with E-state index in [4.69, 9.17) is 9.66 Å². The molecule has 0 saturated carbocycles. The van der Waals surface area contributed by atoms with Crippen molar-refractivity contribution in [2.45, 2.75) is 18.6 Å². The van der Waals surface area contributed by atoms with Crippen LogP contribution in [0.15, 0.2) is 12.2 Å². The minimum absolute atomic E-state index is 0. The molecule has 0 aliphatic heterocycles. The summed E-state index contributed by atoms with van der Waals surface area (Å²) in [4.78, 5) is 10.3. The Labute approximate surface area is 100 Å². The van der Waals surface area contributed by atoms with Crippen molar-refractivity contribution in [3.8, 4) is 0 Å². The van der Waals surface area contributed by atoms with E-state index in [9.17, 15) is 13.2 Å². The maximum Gasteiger partial charge on any atom is 1.00 e. The topological polar surface area (TPSA) is 91.7 Å². The largest absolute Gasteiger partial charge is 1.00 e. The number of rotatable bonds is 4. The smallest absolute Gasteiger partial charge is 1.00 e. The van der Waals surface area contributed by atoms with Gasteiger partial charge in [0.2, 0.25) is 0 Å². The molecule has 0 amide bonds. The number of carboxylic acid groups (broad SMARTS) is 1. The molecular weight excluding hydrogens is 207 g/mol. The van der Waals surface area contributed by atoms with Crippen LogP contribution in [0, 0.1) is 0 Å². The third-order valence-electron chi connectivity index (χ3n) is 1.39. The van der Waals surface area contributed by atoms with Crippen LogP contribution in [0.5, 0.6) is 0 Å². The van der Waals surface area contributed by atoms with Gasteiger partial charge >= 0.3 is 35.5 Å². The van der Waals surface area contributed by atoms with Crippen LogP contribution in [0.25, 0.3) is 0 Å². The van der Waals surface area contributed by atoms with Gasteiger partial charge in [-0.05, 0) is 6.42 Å². The molecule has 0 spiro atoms. The van der Waals surface area contributed by atoms with E-state index >= 15 is 0 Å². The van der Waals surface area contributed by atoms with Crippen molar-refractivity contribution < 1.29 is 53.9 Å². The standard InChI is InChI=1S/C6H10O5S.Na.H/c1-3-5(12(9,10)11)4(2)6(7)8;;/h5H,2-3H2,1H3,(H,7,8)(H,9,10,11);;/q;+1;-1. The number of carbonyl (C=O) groups is 1. The van der Waals surface area contributed by atoms with Gasteiger partial charge in [-0.3, -0.25) is 4.55 Å². The average molecular weight is 218 g/mol. The molecule has 5 nitrogen and oxygen atoms in total. The van der Waals surface area contributed by atoms with Crippen LogP contribution < -0.4 is 29.6 Å². The molecule has 0 bridgehead atoms. The fourth-order valence-electron chi connectivity index (χ4n) is 0.775. The molecule has 0 aromatic carbocycles. The van der Waals surface area contributed by atoms with Gasteiger partial charge in [0.15, 0.2) is 0 Å². The first-order valence-corrected chi connectivity index (χ1v) is 4.69. The molecule has 2 N–H and O–H groups in total. The van der Waals surface area contributed by atoms with Gasteiger partial charge < -0.3 is 6.53 Å². The molecule has 72 valence electrons. The second-order valence-electron chi connectivity index (χ2n) is 2.24. The third kappa shape index (κ3) is 4.78. The number of aliphatic carboxylic acids is 1. The van der Waals surface area contributed by atoms with Gasteiger partial charge in [0.05, 0.1) is 5.57 Å². The Morgan fingerprint density at radius 2 is 2.00 bits per heavy atom. The summed E-state index contributed by atoms with van der Waals surface area (Å²) in [5.74, 6) is -1.42. The number of hydrogen-bond donors (Lipinski definition) is 2. The van der Waals surface area contributed by atoms with Crippen molar-refractivity contribution in [2.75, 3.05) is 0 Å². The van der Waals surface area contributed by atoms with E-state index in [1.807, 2.05) is 0 Å². The van der Waals surface area contributed by atoms with Gasteiger partial charge in [-0.15, -0.1) is 0 Å². The zero-order valence-corrected chi connectivity index (χ0v) is 10.3. The molecule has 0 aromatic heterocycles. The summed E-state index contributed by atoms with van der Waals surface area (Å²) in [7, 11) is -4.34. The van der Waals surface area contributed by atoms with Crippen LogP contribution >= 0.6 is 0 Å². The molecule has 1 atom stereocenters. The first-order chi connectivity index (χ1) is 5.30. The molecule has 0 aliphatic carbocycles. The van der Waals surface area contributed by atoms with E-state index in [0.717, 1.165) is 0 Å². The molecule has 1 unspecified atom stereocenters. The number of hydrogen-bond acceptors (Lipinski definition) is 3. The van der Waals surface area contributed by atoms with Crippen molar-refractivity contribution in [2.24, 2.45) is 0 Å². The van der Waals surface area contributed by atoms with Crippen molar-refractivity contribution in [1.29, 1.82) is 0 Å². The Hall–Kier alpha value is 0.120. The van der Waals surface area contributed by atoms with Gasteiger partial charge in [0.25, 0.3) is 10.1 Å². The minimum Gasteiger partial charge on any atom is -1.00 e. The molecule has 0 radical (unpaired) electrons.